The van der Waals surface area contributed by atoms with Crippen molar-refractivity contribution in [1.82, 2.24) is 4.98 Å². The number of fused-ring (bicyclic) bond motifs is 2. The molecule has 0 radical (unpaired) electrons. The van der Waals surface area contributed by atoms with Gasteiger partial charge in [-0.05, 0) is 82.1 Å². The standard InChI is InChI=1S/C23H25F3N2O3.C10H11FO2.C8H7FO/c1-14-2-6-20(19(10-14)22-29-8-9-30-22)31-18-11-16-4-5-17(12-18)28(16)21-7-3-15(13-27-21)23(24,25)26;1-7-2-3-9(11)8(6-7)10-12-4-5-13-10;1-6-2-3-8(9)7(4-6)5-10/h2-3,6-7,10,13,16-18,22H,4-5,8-9,11-12H2,1H3;2-3,6,10H,4-5H2,1H3;2-5H,1H3/t16-,17+,18?;;. The summed E-state index contributed by atoms with van der Waals surface area (Å²) in [6.07, 6.45) is -0.221. The van der Waals surface area contributed by atoms with E-state index in [4.69, 9.17) is 23.7 Å². The van der Waals surface area contributed by atoms with Gasteiger partial charge in [-0.2, -0.15) is 13.2 Å². The molecule has 13 heteroatoms. The average Bonchev–Trinajstić information content (AvgIpc) is 3.94. The minimum Gasteiger partial charge on any atom is -0.490 e. The molecule has 0 spiro atoms. The lowest BCUT2D eigenvalue weighted by atomic mass is 9.99. The summed E-state index contributed by atoms with van der Waals surface area (Å²) < 4.78 is 92.6. The third-order valence-electron chi connectivity index (χ3n) is 9.67. The fourth-order valence-corrected chi connectivity index (χ4v) is 7.12. The predicted molar refractivity (Wildman–Crippen MR) is 190 cm³/mol. The molecule has 4 fully saturated rings. The molecule has 0 amide bonds. The van der Waals surface area contributed by atoms with Gasteiger partial charge in [0.25, 0.3) is 0 Å². The molecule has 54 heavy (non-hydrogen) atoms. The molecule has 2 bridgehead atoms. The van der Waals surface area contributed by atoms with Gasteiger partial charge < -0.3 is 28.6 Å². The van der Waals surface area contributed by atoms with Crippen molar-refractivity contribution in [2.45, 2.75) is 83.4 Å². The van der Waals surface area contributed by atoms with Crippen molar-refractivity contribution < 1.29 is 50.4 Å². The monoisotopic (exact) mass is 754 g/mol. The van der Waals surface area contributed by atoms with Gasteiger partial charge in [0.2, 0.25) is 0 Å². The number of carbonyl (C=O) groups excluding carboxylic acids is 1. The van der Waals surface area contributed by atoms with Crippen LogP contribution < -0.4 is 9.64 Å². The number of carbonyl (C=O) groups is 1. The highest BCUT2D eigenvalue weighted by Crippen LogP contribution is 2.42. The SMILES string of the molecule is Cc1ccc(F)c(C2OCCO2)c1.Cc1ccc(F)c(C=O)c1.Cc1ccc(OC2C[C@H]3CC[C@@H](C2)N3c2ccc(C(F)(F)F)cn2)c(C2OCCO2)c1. The first kappa shape index (κ1) is 39.3. The summed E-state index contributed by atoms with van der Waals surface area (Å²) in [5.41, 5.74) is 3.84. The highest BCUT2D eigenvalue weighted by molar-refractivity contribution is 5.75. The first-order chi connectivity index (χ1) is 25.9. The summed E-state index contributed by atoms with van der Waals surface area (Å²) in [4.78, 5) is 16.4. The third kappa shape index (κ3) is 9.62. The van der Waals surface area contributed by atoms with Crippen LogP contribution in [0.4, 0.5) is 27.8 Å². The summed E-state index contributed by atoms with van der Waals surface area (Å²) in [6, 6.07) is 18.4. The molecule has 3 atom stereocenters. The summed E-state index contributed by atoms with van der Waals surface area (Å²) in [7, 11) is 0. The van der Waals surface area contributed by atoms with Crippen molar-refractivity contribution in [3.8, 4) is 5.75 Å². The zero-order chi connectivity index (χ0) is 38.4. The summed E-state index contributed by atoms with van der Waals surface area (Å²) in [5.74, 6) is 0.670. The number of rotatable bonds is 6. The molecular formula is C41H43F5N2O6. The molecule has 5 heterocycles. The molecule has 3 aromatic carbocycles. The van der Waals surface area contributed by atoms with Crippen LogP contribution in [-0.2, 0) is 25.1 Å². The van der Waals surface area contributed by atoms with Gasteiger partial charge in [-0.25, -0.2) is 13.8 Å². The van der Waals surface area contributed by atoms with Gasteiger partial charge in [-0.1, -0.05) is 34.9 Å². The Labute approximate surface area is 311 Å². The Kier molecular flexibility index (Phi) is 12.6. The number of aryl methyl sites for hydroxylation is 3. The van der Waals surface area contributed by atoms with Gasteiger partial charge >= 0.3 is 6.18 Å². The number of pyridine rings is 1. The Morgan fingerprint density at radius 3 is 1.80 bits per heavy atom. The van der Waals surface area contributed by atoms with Crippen molar-refractivity contribution in [2.24, 2.45) is 0 Å². The highest BCUT2D eigenvalue weighted by atomic mass is 19.4. The number of nitrogens with zero attached hydrogens (tertiary/aromatic N) is 2. The highest BCUT2D eigenvalue weighted by Gasteiger charge is 2.43. The molecule has 0 saturated carbocycles. The van der Waals surface area contributed by atoms with Crippen molar-refractivity contribution in [1.29, 1.82) is 0 Å². The maximum Gasteiger partial charge on any atom is 0.417 e. The van der Waals surface area contributed by atoms with Crippen molar-refractivity contribution in [3.63, 3.8) is 0 Å². The number of ether oxygens (including phenoxy) is 5. The van der Waals surface area contributed by atoms with E-state index < -0.39 is 30.1 Å². The van der Waals surface area contributed by atoms with Crippen LogP contribution in [0.5, 0.6) is 5.75 Å². The Hall–Kier alpha value is -4.43. The molecule has 8 rings (SSSR count). The summed E-state index contributed by atoms with van der Waals surface area (Å²) >= 11 is 0. The van der Waals surface area contributed by atoms with Crippen LogP contribution in [0.1, 0.15) is 82.0 Å². The molecule has 4 aliphatic rings. The summed E-state index contributed by atoms with van der Waals surface area (Å²) in [5, 5.41) is 0. The van der Waals surface area contributed by atoms with E-state index in [1.165, 1.54) is 24.3 Å². The molecule has 288 valence electrons. The van der Waals surface area contributed by atoms with E-state index in [0.29, 0.717) is 44.1 Å². The molecule has 1 unspecified atom stereocenters. The van der Waals surface area contributed by atoms with Crippen molar-refractivity contribution in [2.75, 3.05) is 31.3 Å². The average molecular weight is 755 g/mol. The van der Waals surface area contributed by atoms with Crippen LogP contribution in [0.3, 0.4) is 0 Å². The Morgan fingerprint density at radius 2 is 1.26 bits per heavy atom. The van der Waals surface area contributed by atoms with Gasteiger partial charge in [0.1, 0.15) is 29.3 Å². The largest absolute Gasteiger partial charge is 0.490 e. The summed E-state index contributed by atoms with van der Waals surface area (Å²) in [6.45, 7) is 7.97. The molecule has 1 aromatic heterocycles. The van der Waals surface area contributed by atoms with E-state index in [1.54, 1.807) is 18.2 Å². The normalized spacial score (nSPS) is 21.3. The lowest BCUT2D eigenvalue weighted by Gasteiger charge is -2.40. The number of hydrogen-bond acceptors (Lipinski definition) is 8. The lowest BCUT2D eigenvalue weighted by Crippen LogP contribution is -2.47. The van der Waals surface area contributed by atoms with Crippen LogP contribution in [0.15, 0.2) is 72.9 Å². The fourth-order valence-electron chi connectivity index (χ4n) is 7.12. The Balaban J connectivity index is 0.000000176. The molecule has 4 saturated heterocycles. The van der Waals surface area contributed by atoms with Crippen molar-refractivity contribution in [3.05, 3.63) is 124 Å². The predicted octanol–water partition coefficient (Wildman–Crippen LogP) is 9.16. The molecule has 0 aliphatic carbocycles. The quantitative estimate of drug-likeness (QED) is 0.143. The molecule has 0 N–H and O–H groups in total. The zero-order valence-electron chi connectivity index (χ0n) is 30.3. The number of aromatic nitrogens is 1. The second-order valence-corrected chi connectivity index (χ2v) is 13.8. The van der Waals surface area contributed by atoms with Gasteiger partial charge in [0.15, 0.2) is 18.9 Å². The topological polar surface area (TPSA) is 79.4 Å². The van der Waals surface area contributed by atoms with Crippen LogP contribution in [-0.4, -0.2) is 55.9 Å². The number of anilines is 1. The second kappa shape index (κ2) is 17.4. The Bertz CT molecular complexity index is 1870. The van der Waals surface area contributed by atoms with Crippen molar-refractivity contribution >= 4 is 12.1 Å². The zero-order valence-corrected chi connectivity index (χ0v) is 30.3. The number of benzene rings is 3. The van der Waals surface area contributed by atoms with Gasteiger partial charge in [0, 0.05) is 36.7 Å². The number of alkyl halides is 3. The number of aldehydes is 1. The molecule has 8 nitrogen and oxygen atoms in total. The first-order valence-corrected chi connectivity index (χ1v) is 17.9. The van der Waals surface area contributed by atoms with E-state index in [1.807, 2.05) is 39.0 Å². The molecule has 4 aliphatic heterocycles. The van der Waals surface area contributed by atoms with E-state index in [-0.39, 0.29) is 29.6 Å². The number of hydrogen-bond donors (Lipinski definition) is 0. The van der Waals surface area contributed by atoms with E-state index in [0.717, 1.165) is 65.9 Å². The second-order valence-electron chi connectivity index (χ2n) is 13.8. The number of halogens is 5. The number of piperidine rings is 1. The van der Waals surface area contributed by atoms with Crippen LogP contribution in [0, 0.1) is 32.4 Å². The van der Waals surface area contributed by atoms with Gasteiger partial charge in [-0.15, -0.1) is 0 Å². The van der Waals surface area contributed by atoms with E-state index >= 15 is 0 Å². The molecular weight excluding hydrogens is 711 g/mol. The Morgan fingerprint density at radius 1 is 0.722 bits per heavy atom. The first-order valence-electron chi connectivity index (χ1n) is 17.9. The van der Waals surface area contributed by atoms with Gasteiger partial charge in [0.05, 0.1) is 43.1 Å². The van der Waals surface area contributed by atoms with Crippen LogP contribution in [0.25, 0.3) is 0 Å². The maximum atomic E-state index is 13.3. The van der Waals surface area contributed by atoms with E-state index in [2.05, 4.69) is 9.88 Å². The lowest BCUT2D eigenvalue weighted by molar-refractivity contribution is -0.137. The van der Waals surface area contributed by atoms with Crippen LogP contribution >= 0.6 is 0 Å². The smallest absolute Gasteiger partial charge is 0.417 e. The fraction of sp³-hybridized carbons (Fsp3) is 0.415. The van der Waals surface area contributed by atoms with Crippen LogP contribution in [0.2, 0.25) is 0 Å². The minimum absolute atomic E-state index is 0.0334. The molecule has 4 aromatic rings. The minimum atomic E-state index is -4.37. The third-order valence-corrected chi connectivity index (χ3v) is 9.67. The maximum absolute atomic E-state index is 13.3. The van der Waals surface area contributed by atoms with E-state index in [9.17, 15) is 26.7 Å². The van der Waals surface area contributed by atoms with Gasteiger partial charge in [-0.3, -0.25) is 4.79 Å².